The van der Waals surface area contributed by atoms with Crippen molar-refractivity contribution in [1.29, 1.82) is 0 Å². The van der Waals surface area contributed by atoms with Crippen LogP contribution in [0.1, 0.15) is 16.7 Å². The molecule has 1 unspecified atom stereocenters. The topological polar surface area (TPSA) is 0 Å². The van der Waals surface area contributed by atoms with Crippen molar-refractivity contribution in [3.8, 4) is 0 Å². The Labute approximate surface area is 85.0 Å². The van der Waals surface area contributed by atoms with Gasteiger partial charge in [0.25, 0.3) is 0 Å². The van der Waals surface area contributed by atoms with Gasteiger partial charge in [-0.25, -0.2) is 0 Å². The second kappa shape index (κ2) is 4.39. The van der Waals surface area contributed by atoms with Crippen molar-refractivity contribution in [2.75, 3.05) is 0 Å². The molecule has 0 amide bonds. The average Bonchev–Trinajstić information content (AvgIpc) is 1.96. The van der Waals surface area contributed by atoms with E-state index in [2.05, 4.69) is 46.0 Å². The van der Waals surface area contributed by atoms with E-state index < -0.39 is 0 Å². The third kappa shape index (κ3) is 2.93. The van der Waals surface area contributed by atoms with E-state index in [-0.39, 0.29) is 8.46 Å². The van der Waals surface area contributed by atoms with Gasteiger partial charge < -0.3 is 0 Å². The molecule has 0 fully saturated rings. The molecule has 0 N–H and O–H groups in total. The fourth-order valence-corrected chi connectivity index (χ4v) is 5.35. The molecule has 0 aromatic heterocycles. The van der Waals surface area contributed by atoms with Crippen molar-refractivity contribution in [3.05, 3.63) is 28.8 Å². The third-order valence-corrected chi connectivity index (χ3v) is 5.84. The van der Waals surface area contributed by atoms with E-state index in [0.717, 1.165) is 8.13 Å². The van der Waals surface area contributed by atoms with E-state index in [0.29, 0.717) is 0 Å². The van der Waals surface area contributed by atoms with Crippen molar-refractivity contribution >= 4 is 21.9 Å². The number of aryl methyl sites for hydroxylation is 3. The van der Waals surface area contributed by atoms with Crippen LogP contribution in [0.25, 0.3) is 0 Å². The molecule has 0 aliphatic rings. The summed E-state index contributed by atoms with van der Waals surface area (Å²) in [5.41, 5.74) is 4.37. The summed E-state index contributed by atoms with van der Waals surface area (Å²) >= 11 is 0. The standard InChI is InChI=1S/C11H18PSi/c1-8-6-9(2)11(10(3)7-8)12-13(4)5/h6-7,12H,1-5H3. The average molecular weight is 209 g/mol. The summed E-state index contributed by atoms with van der Waals surface area (Å²) in [5.74, 6) is 0. The van der Waals surface area contributed by atoms with Crippen LogP contribution >= 0.6 is 8.13 Å². The zero-order valence-corrected chi connectivity index (χ0v) is 11.2. The van der Waals surface area contributed by atoms with Gasteiger partial charge in [0.2, 0.25) is 0 Å². The molecule has 1 rings (SSSR count). The Morgan fingerprint density at radius 2 is 1.46 bits per heavy atom. The lowest BCUT2D eigenvalue weighted by molar-refractivity contribution is 1.36. The Morgan fingerprint density at radius 1 is 1.00 bits per heavy atom. The quantitative estimate of drug-likeness (QED) is 0.518. The van der Waals surface area contributed by atoms with Gasteiger partial charge in [-0.3, -0.25) is 0 Å². The van der Waals surface area contributed by atoms with Gasteiger partial charge >= 0.3 is 0 Å². The first kappa shape index (κ1) is 10.9. The van der Waals surface area contributed by atoms with E-state index in [1.165, 1.54) is 16.7 Å². The highest BCUT2D eigenvalue weighted by Crippen LogP contribution is 2.20. The molecule has 1 aromatic rings. The summed E-state index contributed by atoms with van der Waals surface area (Å²) in [6, 6.07) is 4.61. The molecule has 0 bridgehead atoms. The van der Waals surface area contributed by atoms with Crippen LogP contribution in [0.5, 0.6) is 0 Å². The fraction of sp³-hybridized carbons (Fsp3) is 0.455. The van der Waals surface area contributed by atoms with Crippen molar-refractivity contribution in [2.24, 2.45) is 0 Å². The smallest absolute Gasteiger partial charge is 0.0752 e. The molecule has 0 nitrogen and oxygen atoms in total. The van der Waals surface area contributed by atoms with Gasteiger partial charge in [-0.1, -0.05) is 30.8 Å². The maximum atomic E-state index is 2.39. The van der Waals surface area contributed by atoms with Crippen LogP contribution < -0.4 is 5.30 Å². The Hall–Kier alpha value is -0.133. The molecule has 0 aliphatic heterocycles. The maximum Gasteiger partial charge on any atom is 0.0752 e. The SMILES string of the molecule is Cc1cc(C)c(P[Si](C)C)c(C)c1. The summed E-state index contributed by atoms with van der Waals surface area (Å²) in [6.45, 7) is 11.4. The Bertz CT molecular complexity index is 282. The Balaban J connectivity index is 3.06. The predicted molar refractivity (Wildman–Crippen MR) is 66.1 cm³/mol. The van der Waals surface area contributed by atoms with Gasteiger partial charge in [0.1, 0.15) is 0 Å². The second-order valence-corrected chi connectivity index (χ2v) is 10.4. The molecule has 0 heterocycles. The minimum atomic E-state index is -0.116. The molecular weight excluding hydrogens is 191 g/mol. The van der Waals surface area contributed by atoms with Gasteiger partial charge in [-0.2, -0.15) is 0 Å². The first-order chi connectivity index (χ1) is 6.00. The van der Waals surface area contributed by atoms with Gasteiger partial charge in [0.05, 0.1) is 8.46 Å². The van der Waals surface area contributed by atoms with Crippen LogP contribution in [0.4, 0.5) is 0 Å². The Morgan fingerprint density at radius 3 is 1.85 bits per heavy atom. The fourth-order valence-electron chi connectivity index (χ4n) is 1.63. The largest absolute Gasteiger partial charge is 0.104 e. The van der Waals surface area contributed by atoms with Crippen LogP contribution in [0.2, 0.25) is 13.1 Å². The lowest BCUT2D eigenvalue weighted by atomic mass is 10.1. The number of benzene rings is 1. The lowest BCUT2D eigenvalue weighted by Gasteiger charge is -2.12. The summed E-state index contributed by atoms with van der Waals surface area (Å²) in [6.07, 6.45) is 0. The normalized spacial score (nSPS) is 11.8. The molecule has 0 saturated carbocycles. The molecule has 0 saturated heterocycles. The molecule has 71 valence electrons. The van der Waals surface area contributed by atoms with Crippen LogP contribution in [-0.4, -0.2) is 8.46 Å². The summed E-state index contributed by atoms with van der Waals surface area (Å²) < 4.78 is 0. The minimum Gasteiger partial charge on any atom is -0.104 e. The molecule has 1 aromatic carbocycles. The van der Waals surface area contributed by atoms with E-state index in [1.54, 1.807) is 5.30 Å². The Kier molecular flexibility index (Phi) is 3.70. The zero-order valence-electron chi connectivity index (χ0n) is 9.15. The van der Waals surface area contributed by atoms with Gasteiger partial charge in [0, 0.05) is 0 Å². The zero-order chi connectivity index (χ0) is 10.0. The van der Waals surface area contributed by atoms with Crippen molar-refractivity contribution < 1.29 is 0 Å². The molecule has 2 heteroatoms. The highest BCUT2D eigenvalue weighted by molar-refractivity contribution is 7.81. The molecule has 1 radical (unpaired) electrons. The number of hydrogen-bond donors (Lipinski definition) is 0. The van der Waals surface area contributed by atoms with E-state index in [9.17, 15) is 0 Å². The van der Waals surface area contributed by atoms with Crippen molar-refractivity contribution in [3.63, 3.8) is 0 Å². The monoisotopic (exact) mass is 209 g/mol. The minimum absolute atomic E-state index is 0.116. The second-order valence-electron chi connectivity index (χ2n) is 3.90. The highest BCUT2D eigenvalue weighted by atomic mass is 31.3. The van der Waals surface area contributed by atoms with Crippen LogP contribution in [-0.2, 0) is 0 Å². The molecule has 0 aliphatic carbocycles. The predicted octanol–water partition coefficient (Wildman–Crippen LogP) is 3.17. The van der Waals surface area contributed by atoms with E-state index in [1.807, 2.05) is 0 Å². The summed E-state index contributed by atoms with van der Waals surface area (Å²) in [5, 5.41) is 1.62. The number of rotatable bonds is 2. The van der Waals surface area contributed by atoms with E-state index >= 15 is 0 Å². The lowest BCUT2D eigenvalue weighted by Crippen LogP contribution is -2.10. The van der Waals surface area contributed by atoms with Crippen molar-refractivity contribution in [2.45, 2.75) is 33.9 Å². The van der Waals surface area contributed by atoms with Crippen molar-refractivity contribution in [1.82, 2.24) is 0 Å². The first-order valence-electron chi connectivity index (χ1n) is 4.65. The highest BCUT2D eigenvalue weighted by Gasteiger charge is 2.06. The van der Waals surface area contributed by atoms with Gasteiger partial charge in [-0.15, -0.1) is 8.13 Å². The van der Waals surface area contributed by atoms with E-state index in [4.69, 9.17) is 0 Å². The summed E-state index contributed by atoms with van der Waals surface area (Å²) in [7, 11) is 0.941. The van der Waals surface area contributed by atoms with Crippen LogP contribution in [0, 0.1) is 20.8 Å². The molecule has 13 heavy (non-hydrogen) atoms. The summed E-state index contributed by atoms with van der Waals surface area (Å²) in [4.78, 5) is 0. The third-order valence-electron chi connectivity index (χ3n) is 2.05. The van der Waals surface area contributed by atoms with Crippen LogP contribution in [0.3, 0.4) is 0 Å². The van der Waals surface area contributed by atoms with Gasteiger partial charge in [0.15, 0.2) is 0 Å². The molecule has 0 spiro atoms. The van der Waals surface area contributed by atoms with Gasteiger partial charge in [-0.05, 0) is 37.2 Å². The first-order valence-corrected chi connectivity index (χ1v) is 9.15. The maximum absolute atomic E-state index is 2.39. The molecular formula is C11H18PSi. The molecule has 1 atom stereocenters. The van der Waals surface area contributed by atoms with Crippen LogP contribution in [0.15, 0.2) is 12.1 Å². The number of hydrogen-bond acceptors (Lipinski definition) is 0.